The third-order valence-corrected chi connectivity index (χ3v) is 6.56. The topological polar surface area (TPSA) is 52.7 Å². The van der Waals surface area contributed by atoms with Crippen LogP contribution in [0.15, 0.2) is 78.9 Å². The second kappa shape index (κ2) is 10.1. The van der Waals surface area contributed by atoms with E-state index in [1.807, 2.05) is 65.6 Å². The lowest BCUT2D eigenvalue weighted by Crippen LogP contribution is -2.47. The molecular weight excluding hydrogens is 422 g/mol. The second-order valence-electron chi connectivity index (χ2n) is 9.34. The SMILES string of the molecule is CC(=O)N(c1ccccc1)[C@@H]1C[C@H](C)N(CC(=O)Nc2ccc(C(C)C)cc2)c2ccccc21. The molecule has 0 saturated carbocycles. The summed E-state index contributed by atoms with van der Waals surface area (Å²) in [5, 5.41) is 3.04. The minimum absolute atomic E-state index is 0.00856. The van der Waals surface area contributed by atoms with Crippen LogP contribution in [0.3, 0.4) is 0 Å². The summed E-state index contributed by atoms with van der Waals surface area (Å²) < 4.78 is 0. The summed E-state index contributed by atoms with van der Waals surface area (Å²) in [5.74, 6) is 0.409. The van der Waals surface area contributed by atoms with Crippen molar-refractivity contribution in [3.8, 4) is 0 Å². The molecule has 1 heterocycles. The summed E-state index contributed by atoms with van der Waals surface area (Å²) in [5.41, 5.74) is 5.00. The van der Waals surface area contributed by atoms with Crippen molar-refractivity contribution in [2.45, 2.75) is 52.1 Å². The molecule has 1 N–H and O–H groups in total. The zero-order valence-electron chi connectivity index (χ0n) is 20.4. The molecule has 5 nitrogen and oxygen atoms in total. The molecule has 176 valence electrons. The van der Waals surface area contributed by atoms with Crippen LogP contribution in [0.2, 0.25) is 0 Å². The van der Waals surface area contributed by atoms with Gasteiger partial charge in [-0.1, -0.05) is 62.4 Å². The summed E-state index contributed by atoms with van der Waals surface area (Å²) >= 11 is 0. The molecular formula is C29H33N3O2. The van der Waals surface area contributed by atoms with Gasteiger partial charge in [-0.05, 0) is 60.7 Å². The first-order valence-electron chi connectivity index (χ1n) is 12.0. The molecule has 0 saturated heterocycles. The molecule has 3 aromatic rings. The number of hydrogen-bond donors (Lipinski definition) is 1. The Bertz CT molecular complexity index is 1140. The van der Waals surface area contributed by atoms with Crippen molar-refractivity contribution in [2.24, 2.45) is 0 Å². The lowest BCUT2D eigenvalue weighted by Gasteiger charge is -2.44. The van der Waals surface area contributed by atoms with Gasteiger partial charge in [0.25, 0.3) is 0 Å². The monoisotopic (exact) mass is 455 g/mol. The van der Waals surface area contributed by atoms with Crippen LogP contribution < -0.4 is 15.1 Å². The van der Waals surface area contributed by atoms with E-state index in [1.165, 1.54) is 5.56 Å². The van der Waals surface area contributed by atoms with Crippen molar-refractivity contribution < 1.29 is 9.59 Å². The van der Waals surface area contributed by atoms with Crippen LogP contribution in [0.25, 0.3) is 0 Å². The fourth-order valence-electron chi connectivity index (χ4n) is 4.81. The van der Waals surface area contributed by atoms with Gasteiger partial charge in [-0.25, -0.2) is 0 Å². The summed E-state index contributed by atoms with van der Waals surface area (Å²) in [6, 6.07) is 25.9. The predicted molar refractivity (Wildman–Crippen MR) is 139 cm³/mol. The van der Waals surface area contributed by atoms with Gasteiger partial charge in [0.15, 0.2) is 0 Å². The van der Waals surface area contributed by atoms with E-state index in [0.29, 0.717) is 5.92 Å². The molecule has 1 aliphatic rings. The third-order valence-electron chi connectivity index (χ3n) is 6.56. The maximum absolute atomic E-state index is 13.0. The number of fused-ring (bicyclic) bond motifs is 1. The molecule has 0 aliphatic carbocycles. The van der Waals surface area contributed by atoms with Gasteiger partial charge >= 0.3 is 0 Å². The third kappa shape index (κ3) is 4.98. The number of hydrogen-bond acceptors (Lipinski definition) is 3. The van der Waals surface area contributed by atoms with Gasteiger partial charge < -0.3 is 15.1 Å². The molecule has 34 heavy (non-hydrogen) atoms. The van der Waals surface area contributed by atoms with Gasteiger partial charge in [-0.15, -0.1) is 0 Å². The van der Waals surface area contributed by atoms with Crippen molar-refractivity contribution in [3.05, 3.63) is 90.0 Å². The Hall–Kier alpha value is -3.60. The average Bonchev–Trinajstić information content (AvgIpc) is 2.82. The number of rotatable bonds is 6. The van der Waals surface area contributed by atoms with Crippen LogP contribution in [-0.2, 0) is 9.59 Å². The van der Waals surface area contributed by atoms with Crippen LogP contribution in [0.5, 0.6) is 0 Å². The molecule has 0 fully saturated rings. The van der Waals surface area contributed by atoms with E-state index in [0.717, 1.165) is 29.0 Å². The zero-order valence-corrected chi connectivity index (χ0v) is 20.4. The summed E-state index contributed by atoms with van der Waals surface area (Å²) in [7, 11) is 0. The van der Waals surface area contributed by atoms with Crippen LogP contribution in [0.1, 0.15) is 57.2 Å². The summed E-state index contributed by atoms with van der Waals surface area (Å²) in [6.07, 6.45) is 0.738. The first kappa shape index (κ1) is 23.6. The first-order valence-corrected chi connectivity index (χ1v) is 12.0. The van der Waals surface area contributed by atoms with Crippen molar-refractivity contribution in [3.63, 3.8) is 0 Å². The highest BCUT2D eigenvalue weighted by molar-refractivity contribution is 5.95. The number of para-hydroxylation sites is 2. The van der Waals surface area contributed by atoms with Gasteiger partial charge in [0.2, 0.25) is 11.8 Å². The lowest BCUT2D eigenvalue weighted by atomic mass is 9.90. The highest BCUT2D eigenvalue weighted by Crippen LogP contribution is 2.42. The van der Waals surface area contributed by atoms with E-state index in [2.05, 4.69) is 49.2 Å². The first-order chi connectivity index (χ1) is 16.3. The number of amides is 2. The van der Waals surface area contributed by atoms with E-state index in [9.17, 15) is 9.59 Å². The molecule has 0 bridgehead atoms. The van der Waals surface area contributed by atoms with E-state index in [-0.39, 0.29) is 30.4 Å². The highest BCUT2D eigenvalue weighted by atomic mass is 16.2. The average molecular weight is 456 g/mol. The van der Waals surface area contributed by atoms with Crippen LogP contribution in [0, 0.1) is 0 Å². The number of nitrogens with zero attached hydrogens (tertiary/aromatic N) is 2. The van der Waals surface area contributed by atoms with Crippen LogP contribution in [-0.4, -0.2) is 24.4 Å². The van der Waals surface area contributed by atoms with Crippen molar-refractivity contribution >= 4 is 28.9 Å². The molecule has 2 amide bonds. The molecule has 5 heteroatoms. The van der Waals surface area contributed by atoms with E-state index in [1.54, 1.807) is 6.92 Å². The minimum atomic E-state index is -0.0889. The molecule has 2 atom stereocenters. The van der Waals surface area contributed by atoms with Crippen molar-refractivity contribution in [2.75, 3.05) is 21.7 Å². The Morgan fingerprint density at radius 1 is 0.971 bits per heavy atom. The smallest absolute Gasteiger partial charge is 0.243 e. The predicted octanol–water partition coefficient (Wildman–Crippen LogP) is 6.14. The van der Waals surface area contributed by atoms with Gasteiger partial charge in [-0.2, -0.15) is 0 Å². The largest absolute Gasteiger partial charge is 0.359 e. The maximum atomic E-state index is 13.0. The Balaban J connectivity index is 1.57. The molecule has 0 unspecified atom stereocenters. The number of carbonyl (C=O) groups excluding carboxylic acids is 2. The normalized spacial score (nSPS) is 17.3. The van der Waals surface area contributed by atoms with Crippen molar-refractivity contribution in [1.82, 2.24) is 0 Å². The second-order valence-corrected chi connectivity index (χ2v) is 9.34. The molecule has 3 aromatic carbocycles. The highest BCUT2D eigenvalue weighted by Gasteiger charge is 2.35. The molecule has 0 radical (unpaired) electrons. The Morgan fingerprint density at radius 3 is 2.26 bits per heavy atom. The van der Waals surface area contributed by atoms with Crippen LogP contribution in [0.4, 0.5) is 17.1 Å². The molecule has 1 aliphatic heterocycles. The van der Waals surface area contributed by atoms with Crippen molar-refractivity contribution in [1.29, 1.82) is 0 Å². The molecule has 0 aromatic heterocycles. The van der Waals surface area contributed by atoms with E-state index >= 15 is 0 Å². The maximum Gasteiger partial charge on any atom is 0.243 e. The summed E-state index contributed by atoms with van der Waals surface area (Å²) in [4.78, 5) is 29.7. The lowest BCUT2D eigenvalue weighted by molar-refractivity contribution is -0.117. The zero-order chi connectivity index (χ0) is 24.2. The minimum Gasteiger partial charge on any atom is -0.359 e. The van der Waals surface area contributed by atoms with Gasteiger partial charge in [-0.3, -0.25) is 9.59 Å². The molecule has 0 spiro atoms. The molecule has 4 rings (SSSR count). The number of anilines is 3. The Morgan fingerprint density at radius 2 is 1.62 bits per heavy atom. The fourth-order valence-corrected chi connectivity index (χ4v) is 4.81. The fraction of sp³-hybridized carbons (Fsp3) is 0.310. The number of carbonyl (C=O) groups is 2. The van der Waals surface area contributed by atoms with E-state index < -0.39 is 0 Å². The Kier molecular flexibility index (Phi) is 7.01. The van der Waals surface area contributed by atoms with Gasteiger partial charge in [0.05, 0.1) is 12.6 Å². The van der Waals surface area contributed by atoms with Crippen LogP contribution >= 0.6 is 0 Å². The van der Waals surface area contributed by atoms with E-state index in [4.69, 9.17) is 0 Å². The van der Waals surface area contributed by atoms with Gasteiger partial charge in [0, 0.05) is 30.0 Å². The van der Waals surface area contributed by atoms with Gasteiger partial charge in [0.1, 0.15) is 0 Å². The number of nitrogens with one attached hydrogen (secondary N) is 1. The summed E-state index contributed by atoms with van der Waals surface area (Å²) in [6.45, 7) is 8.30. The Labute approximate surface area is 202 Å². The quantitative estimate of drug-likeness (QED) is 0.486. The number of benzene rings is 3. The standard InChI is InChI=1S/C29H33N3O2/c1-20(2)23-14-16-24(17-15-23)30-29(34)19-31-21(3)18-28(26-12-8-9-13-27(26)31)32(22(4)33)25-10-6-5-7-11-25/h5-17,20-21,28H,18-19H2,1-4H3,(H,30,34)/t21-,28+/m0/s1.